The van der Waals surface area contributed by atoms with Crippen molar-refractivity contribution in [1.82, 2.24) is 9.88 Å². The third kappa shape index (κ3) is 4.56. The average molecular weight is 403 g/mol. The van der Waals surface area contributed by atoms with Gasteiger partial charge in [0.15, 0.2) is 11.6 Å². The number of hydrogen-bond acceptors (Lipinski definition) is 6. The maximum absolute atomic E-state index is 14.9. The molecule has 0 fully saturated rings. The number of halogens is 1. The molecule has 2 heterocycles. The summed E-state index contributed by atoms with van der Waals surface area (Å²) in [6.07, 6.45) is -0.175. The van der Waals surface area contributed by atoms with Crippen LogP contribution in [-0.2, 0) is 11.3 Å². The summed E-state index contributed by atoms with van der Waals surface area (Å²) in [5.41, 5.74) is 0.0912. The van der Waals surface area contributed by atoms with Crippen molar-refractivity contribution >= 4 is 18.0 Å². The van der Waals surface area contributed by atoms with Crippen LogP contribution >= 0.6 is 0 Å². The van der Waals surface area contributed by atoms with Crippen molar-refractivity contribution in [3.63, 3.8) is 0 Å². The maximum Gasteiger partial charge on any atom is 0.416 e. The van der Waals surface area contributed by atoms with Crippen LogP contribution in [0.3, 0.4) is 0 Å². The summed E-state index contributed by atoms with van der Waals surface area (Å²) in [5.74, 6) is -0.813. The number of benzene rings is 1. The first kappa shape index (κ1) is 20.4. The fourth-order valence-electron chi connectivity index (χ4n) is 2.91. The standard InChI is InChI=1S/C20H22FN3O5/c1-11-14-6-5-13(25)9-15(14)28-19(27)24(11)10-12-7-8-22-17(16(12)21)23-18(26)29-20(2,3)4/h5-9,11,25H,10H2,1-4H3,(H,22,23,26). The highest BCUT2D eigenvalue weighted by Crippen LogP contribution is 2.37. The molecular formula is C20H22FN3O5. The second kappa shape index (κ2) is 7.57. The van der Waals surface area contributed by atoms with Crippen LogP contribution in [-0.4, -0.2) is 32.8 Å². The van der Waals surface area contributed by atoms with Crippen molar-refractivity contribution in [3.8, 4) is 11.5 Å². The number of nitrogens with zero attached hydrogens (tertiary/aromatic N) is 2. The Bertz CT molecular complexity index is 958. The number of carbonyl (C=O) groups is 2. The average Bonchev–Trinajstić information content (AvgIpc) is 2.59. The van der Waals surface area contributed by atoms with E-state index in [0.717, 1.165) is 0 Å². The fourth-order valence-corrected chi connectivity index (χ4v) is 2.91. The molecule has 3 rings (SSSR count). The molecule has 8 nitrogen and oxygen atoms in total. The van der Waals surface area contributed by atoms with E-state index in [9.17, 15) is 19.1 Å². The first-order valence-corrected chi connectivity index (χ1v) is 9.00. The second-order valence-corrected chi connectivity index (χ2v) is 7.65. The highest BCUT2D eigenvalue weighted by molar-refractivity contribution is 5.84. The molecular weight excluding hydrogens is 381 g/mol. The van der Waals surface area contributed by atoms with Crippen molar-refractivity contribution < 1.29 is 28.6 Å². The highest BCUT2D eigenvalue weighted by Gasteiger charge is 2.32. The van der Waals surface area contributed by atoms with Gasteiger partial charge in [0.05, 0.1) is 12.6 Å². The van der Waals surface area contributed by atoms with E-state index in [2.05, 4.69) is 10.3 Å². The maximum atomic E-state index is 14.9. The number of carbonyl (C=O) groups excluding carboxylic acids is 2. The van der Waals surface area contributed by atoms with Gasteiger partial charge in [0.25, 0.3) is 0 Å². The van der Waals surface area contributed by atoms with Gasteiger partial charge in [-0.05, 0) is 45.9 Å². The van der Waals surface area contributed by atoms with Crippen LogP contribution in [0, 0.1) is 5.82 Å². The number of aromatic hydroxyl groups is 1. The van der Waals surface area contributed by atoms with E-state index >= 15 is 0 Å². The van der Waals surface area contributed by atoms with E-state index in [1.165, 1.54) is 29.3 Å². The zero-order valence-corrected chi connectivity index (χ0v) is 16.5. The Labute approximate surface area is 167 Å². The molecule has 1 aromatic carbocycles. The van der Waals surface area contributed by atoms with Crippen molar-refractivity contribution in [1.29, 1.82) is 0 Å². The molecule has 29 heavy (non-hydrogen) atoms. The second-order valence-electron chi connectivity index (χ2n) is 7.65. The summed E-state index contributed by atoms with van der Waals surface area (Å²) in [6.45, 7) is 6.74. The summed E-state index contributed by atoms with van der Waals surface area (Å²) in [6, 6.07) is 5.50. The van der Waals surface area contributed by atoms with E-state index in [-0.39, 0.29) is 29.4 Å². The third-order valence-electron chi connectivity index (χ3n) is 4.28. The number of amides is 2. The smallest absolute Gasteiger partial charge is 0.416 e. The molecule has 9 heteroatoms. The molecule has 0 spiro atoms. The summed E-state index contributed by atoms with van der Waals surface area (Å²) in [4.78, 5) is 29.5. The number of anilines is 1. The predicted octanol–water partition coefficient (Wildman–Crippen LogP) is 4.35. The van der Waals surface area contributed by atoms with Gasteiger partial charge in [0.2, 0.25) is 0 Å². The molecule has 2 amide bonds. The van der Waals surface area contributed by atoms with Gasteiger partial charge in [-0.2, -0.15) is 0 Å². The number of fused-ring (bicyclic) bond motifs is 1. The molecule has 0 bridgehead atoms. The Balaban J connectivity index is 1.81. The third-order valence-corrected chi connectivity index (χ3v) is 4.28. The van der Waals surface area contributed by atoms with E-state index in [1.54, 1.807) is 33.8 Å². The van der Waals surface area contributed by atoms with Crippen LogP contribution in [0.25, 0.3) is 0 Å². The van der Waals surface area contributed by atoms with Gasteiger partial charge < -0.3 is 14.6 Å². The minimum absolute atomic E-state index is 0.0183. The van der Waals surface area contributed by atoms with Crippen molar-refractivity contribution in [2.45, 2.75) is 45.9 Å². The number of phenols is 1. The van der Waals surface area contributed by atoms with Gasteiger partial charge in [-0.3, -0.25) is 10.2 Å². The number of hydrogen-bond donors (Lipinski definition) is 2. The number of ether oxygens (including phenoxy) is 2. The normalized spacial score (nSPS) is 16.1. The summed E-state index contributed by atoms with van der Waals surface area (Å²) < 4.78 is 25.2. The van der Waals surface area contributed by atoms with Gasteiger partial charge in [0.1, 0.15) is 17.1 Å². The number of aromatic nitrogens is 1. The lowest BCUT2D eigenvalue weighted by molar-refractivity contribution is 0.0634. The molecule has 154 valence electrons. The number of pyridine rings is 1. The van der Waals surface area contributed by atoms with Crippen molar-refractivity contribution in [2.75, 3.05) is 5.32 Å². The van der Waals surface area contributed by atoms with Crippen molar-refractivity contribution in [3.05, 3.63) is 47.4 Å². The Morgan fingerprint density at radius 2 is 2.10 bits per heavy atom. The van der Waals surface area contributed by atoms with E-state index in [4.69, 9.17) is 9.47 Å². The van der Waals surface area contributed by atoms with Gasteiger partial charge in [-0.15, -0.1) is 0 Å². The van der Waals surface area contributed by atoms with Crippen LogP contribution in [0.2, 0.25) is 0 Å². The Kier molecular flexibility index (Phi) is 5.32. The number of rotatable bonds is 3. The zero-order valence-electron chi connectivity index (χ0n) is 16.5. The first-order chi connectivity index (χ1) is 13.5. The lowest BCUT2D eigenvalue weighted by atomic mass is 10.0. The van der Waals surface area contributed by atoms with Crippen LogP contribution in [0.1, 0.15) is 44.9 Å². The quantitative estimate of drug-likeness (QED) is 0.790. The lowest BCUT2D eigenvalue weighted by Gasteiger charge is -2.34. The molecule has 0 aliphatic carbocycles. The minimum atomic E-state index is -0.833. The van der Waals surface area contributed by atoms with Crippen LogP contribution in [0.4, 0.5) is 19.8 Å². The van der Waals surface area contributed by atoms with E-state index in [0.29, 0.717) is 5.56 Å². The topological polar surface area (TPSA) is 101 Å². The van der Waals surface area contributed by atoms with Crippen LogP contribution < -0.4 is 10.1 Å². The Hall–Kier alpha value is -3.36. The molecule has 0 radical (unpaired) electrons. The Morgan fingerprint density at radius 1 is 1.38 bits per heavy atom. The number of nitrogens with one attached hydrogen (secondary N) is 1. The van der Waals surface area contributed by atoms with E-state index in [1.807, 2.05) is 0 Å². The van der Waals surface area contributed by atoms with Gasteiger partial charge in [-0.1, -0.05) is 0 Å². The zero-order chi connectivity index (χ0) is 21.3. The van der Waals surface area contributed by atoms with Crippen LogP contribution in [0.15, 0.2) is 30.5 Å². The van der Waals surface area contributed by atoms with Gasteiger partial charge >= 0.3 is 12.2 Å². The molecule has 0 saturated heterocycles. The van der Waals surface area contributed by atoms with Crippen LogP contribution in [0.5, 0.6) is 11.5 Å². The van der Waals surface area contributed by atoms with Crippen molar-refractivity contribution in [2.24, 2.45) is 0 Å². The molecule has 1 unspecified atom stereocenters. The largest absolute Gasteiger partial charge is 0.508 e. The highest BCUT2D eigenvalue weighted by atomic mass is 19.1. The van der Waals surface area contributed by atoms with Gasteiger partial charge in [-0.25, -0.2) is 19.0 Å². The molecule has 1 aliphatic rings. The Morgan fingerprint density at radius 3 is 2.79 bits per heavy atom. The molecule has 0 saturated carbocycles. The van der Waals surface area contributed by atoms with E-state index < -0.39 is 29.6 Å². The lowest BCUT2D eigenvalue weighted by Crippen LogP contribution is -2.39. The van der Waals surface area contributed by atoms with Gasteiger partial charge in [0, 0.05) is 23.4 Å². The summed E-state index contributed by atoms with van der Waals surface area (Å²) in [5, 5.41) is 11.8. The minimum Gasteiger partial charge on any atom is -0.508 e. The fraction of sp³-hybridized carbons (Fsp3) is 0.350. The summed E-state index contributed by atoms with van der Waals surface area (Å²) >= 11 is 0. The molecule has 1 aromatic heterocycles. The first-order valence-electron chi connectivity index (χ1n) is 9.00. The molecule has 1 aliphatic heterocycles. The molecule has 2 aromatic rings. The SMILES string of the molecule is CC1c2ccc(O)cc2OC(=O)N1Cc1ccnc(NC(=O)OC(C)(C)C)c1F. The molecule has 2 N–H and O–H groups in total. The molecule has 1 atom stereocenters. The summed E-state index contributed by atoms with van der Waals surface area (Å²) in [7, 11) is 0. The number of phenolic OH excluding ortho intramolecular Hbond substituents is 1. The monoisotopic (exact) mass is 403 g/mol. The predicted molar refractivity (Wildman–Crippen MR) is 102 cm³/mol.